The maximum atomic E-state index is 5.86. The van der Waals surface area contributed by atoms with Gasteiger partial charge in [-0.05, 0) is 47.1 Å². The maximum absolute atomic E-state index is 5.86. The molecule has 0 saturated carbocycles. The average Bonchev–Trinajstić information content (AvgIpc) is 3.53. The molecular weight excluding hydrogens is 372 g/mol. The van der Waals surface area contributed by atoms with Gasteiger partial charge in [0.1, 0.15) is 11.6 Å². The van der Waals surface area contributed by atoms with Crippen LogP contribution < -0.4 is 10.5 Å². The molecular formula is C25H30N4O. The topological polar surface area (TPSA) is 67.2 Å². The van der Waals surface area contributed by atoms with Crippen molar-refractivity contribution in [1.29, 1.82) is 0 Å². The fourth-order valence-electron chi connectivity index (χ4n) is 5.01. The zero-order chi connectivity index (χ0) is 20.3. The minimum atomic E-state index is 0.547. The van der Waals surface area contributed by atoms with E-state index < -0.39 is 0 Å². The second-order valence-corrected chi connectivity index (χ2v) is 8.58. The molecule has 0 radical (unpaired) electrons. The van der Waals surface area contributed by atoms with Crippen LogP contribution in [-0.4, -0.2) is 34.1 Å². The summed E-state index contributed by atoms with van der Waals surface area (Å²) in [6, 6.07) is 16.1. The Morgan fingerprint density at radius 3 is 2.97 bits per heavy atom. The number of imidazole rings is 1. The van der Waals surface area contributed by atoms with Crippen molar-refractivity contribution in [3.05, 3.63) is 82.9 Å². The van der Waals surface area contributed by atoms with Crippen LogP contribution in [0.2, 0.25) is 0 Å². The van der Waals surface area contributed by atoms with E-state index >= 15 is 0 Å². The Morgan fingerprint density at radius 1 is 1.17 bits per heavy atom. The van der Waals surface area contributed by atoms with Crippen LogP contribution in [0.15, 0.2) is 54.9 Å². The van der Waals surface area contributed by atoms with Crippen LogP contribution >= 0.6 is 0 Å². The van der Waals surface area contributed by atoms with Gasteiger partial charge >= 0.3 is 0 Å². The van der Waals surface area contributed by atoms with Crippen LogP contribution in [0.4, 0.5) is 0 Å². The molecule has 1 saturated heterocycles. The molecule has 5 rings (SSSR count). The van der Waals surface area contributed by atoms with Crippen LogP contribution in [0, 0.1) is 0 Å². The van der Waals surface area contributed by atoms with Gasteiger partial charge in [0.2, 0.25) is 0 Å². The minimum Gasteiger partial charge on any atom is -0.493 e. The summed E-state index contributed by atoms with van der Waals surface area (Å²) in [6.45, 7) is 3.48. The first-order valence-corrected chi connectivity index (χ1v) is 11.0. The Kier molecular flexibility index (Phi) is 5.56. The SMILES string of the molecule is NCc1cccc(CN2CC(c3ccc4c(c3)CCO4)CC2CCc2ncc[nH]2)c1. The summed E-state index contributed by atoms with van der Waals surface area (Å²) in [7, 11) is 0. The van der Waals surface area contributed by atoms with Gasteiger partial charge in [0.05, 0.1) is 6.61 Å². The molecule has 2 aromatic carbocycles. The molecule has 0 aliphatic carbocycles. The minimum absolute atomic E-state index is 0.547. The second-order valence-electron chi connectivity index (χ2n) is 8.58. The van der Waals surface area contributed by atoms with Gasteiger partial charge in [-0.25, -0.2) is 4.98 Å². The molecule has 0 bridgehead atoms. The molecule has 1 fully saturated rings. The molecule has 2 aliphatic rings. The van der Waals surface area contributed by atoms with Gasteiger partial charge in [-0.2, -0.15) is 0 Å². The standard InChI is InChI=1S/C25H30N4O/c26-15-18-2-1-3-19(12-18)16-29-17-22(14-23(29)5-7-25-27-9-10-28-25)20-4-6-24-21(13-20)8-11-30-24/h1-4,6,9-10,12-13,22-23H,5,7-8,11,14-17,26H2,(H,27,28). The van der Waals surface area contributed by atoms with Gasteiger partial charge in [0.15, 0.2) is 0 Å². The average molecular weight is 403 g/mol. The number of nitrogens with two attached hydrogens (primary N) is 1. The highest BCUT2D eigenvalue weighted by Gasteiger charge is 2.33. The Labute approximate surface area is 178 Å². The largest absolute Gasteiger partial charge is 0.493 e. The molecule has 1 aromatic heterocycles. The highest BCUT2D eigenvalue weighted by atomic mass is 16.5. The zero-order valence-corrected chi connectivity index (χ0v) is 17.4. The van der Waals surface area contributed by atoms with Gasteiger partial charge in [-0.1, -0.05) is 36.4 Å². The molecule has 2 atom stereocenters. The number of nitrogens with zero attached hydrogens (tertiary/aromatic N) is 2. The fourth-order valence-corrected chi connectivity index (χ4v) is 5.01. The van der Waals surface area contributed by atoms with Crippen LogP contribution in [0.3, 0.4) is 0 Å². The third kappa shape index (κ3) is 4.13. The molecule has 5 heteroatoms. The Morgan fingerprint density at radius 2 is 2.10 bits per heavy atom. The van der Waals surface area contributed by atoms with E-state index in [9.17, 15) is 0 Å². The van der Waals surface area contributed by atoms with Crippen molar-refractivity contribution in [3.63, 3.8) is 0 Å². The van der Waals surface area contributed by atoms with Gasteiger partial charge in [0, 0.05) is 50.9 Å². The summed E-state index contributed by atoms with van der Waals surface area (Å²) in [6.07, 6.45) is 8.09. The lowest BCUT2D eigenvalue weighted by atomic mass is 9.93. The number of likely N-dealkylation sites (tertiary alicyclic amines) is 1. The van der Waals surface area contributed by atoms with Crippen LogP contribution in [0.5, 0.6) is 5.75 Å². The number of nitrogens with one attached hydrogen (secondary N) is 1. The molecule has 2 unspecified atom stereocenters. The second kappa shape index (κ2) is 8.62. The predicted molar refractivity (Wildman–Crippen MR) is 118 cm³/mol. The van der Waals surface area contributed by atoms with E-state index in [4.69, 9.17) is 10.5 Å². The monoisotopic (exact) mass is 402 g/mol. The number of hydrogen-bond acceptors (Lipinski definition) is 4. The number of benzene rings is 2. The van der Waals surface area contributed by atoms with Gasteiger partial charge < -0.3 is 15.5 Å². The van der Waals surface area contributed by atoms with Crippen molar-refractivity contribution < 1.29 is 4.74 Å². The molecule has 3 aromatic rings. The first kappa shape index (κ1) is 19.3. The van der Waals surface area contributed by atoms with Crippen molar-refractivity contribution in [1.82, 2.24) is 14.9 Å². The number of aromatic nitrogens is 2. The zero-order valence-electron chi connectivity index (χ0n) is 17.4. The lowest BCUT2D eigenvalue weighted by molar-refractivity contribution is 0.233. The molecule has 5 nitrogen and oxygen atoms in total. The lowest BCUT2D eigenvalue weighted by Gasteiger charge is -2.24. The smallest absolute Gasteiger partial charge is 0.122 e. The fraction of sp³-hybridized carbons (Fsp3) is 0.400. The highest BCUT2D eigenvalue weighted by molar-refractivity contribution is 5.41. The van der Waals surface area contributed by atoms with E-state index in [0.29, 0.717) is 18.5 Å². The summed E-state index contributed by atoms with van der Waals surface area (Å²) in [4.78, 5) is 10.3. The Hall–Kier alpha value is -2.63. The quantitative estimate of drug-likeness (QED) is 0.631. The Bertz CT molecular complexity index is 985. The molecule has 3 heterocycles. The first-order valence-electron chi connectivity index (χ1n) is 11.0. The van der Waals surface area contributed by atoms with Gasteiger partial charge in [0.25, 0.3) is 0 Å². The van der Waals surface area contributed by atoms with Crippen molar-refractivity contribution in [2.75, 3.05) is 13.2 Å². The number of ether oxygens (including phenoxy) is 1. The number of aromatic amines is 1. The molecule has 0 amide bonds. The summed E-state index contributed by atoms with van der Waals surface area (Å²) in [5, 5.41) is 0. The predicted octanol–water partition coefficient (Wildman–Crippen LogP) is 3.79. The lowest BCUT2D eigenvalue weighted by Crippen LogP contribution is -2.29. The molecule has 3 N–H and O–H groups in total. The number of rotatable bonds is 7. The van der Waals surface area contributed by atoms with E-state index in [1.165, 1.54) is 28.7 Å². The number of fused-ring (bicyclic) bond motifs is 1. The van der Waals surface area contributed by atoms with Crippen LogP contribution in [0.1, 0.15) is 46.8 Å². The van der Waals surface area contributed by atoms with Crippen molar-refractivity contribution in [2.24, 2.45) is 5.73 Å². The molecule has 2 aliphatic heterocycles. The summed E-state index contributed by atoms with van der Waals surface area (Å²) in [5.41, 5.74) is 11.2. The van der Waals surface area contributed by atoms with Crippen molar-refractivity contribution >= 4 is 0 Å². The van der Waals surface area contributed by atoms with Crippen molar-refractivity contribution in [2.45, 2.75) is 50.7 Å². The Balaban J connectivity index is 1.34. The first-order chi connectivity index (χ1) is 14.8. The highest BCUT2D eigenvalue weighted by Crippen LogP contribution is 2.37. The number of H-pyrrole nitrogens is 1. The third-order valence-electron chi connectivity index (χ3n) is 6.59. The van der Waals surface area contributed by atoms with Crippen LogP contribution in [-0.2, 0) is 25.9 Å². The summed E-state index contributed by atoms with van der Waals surface area (Å²) >= 11 is 0. The summed E-state index contributed by atoms with van der Waals surface area (Å²) in [5.74, 6) is 2.72. The van der Waals surface area contributed by atoms with Gasteiger partial charge in [-0.3, -0.25) is 4.90 Å². The molecule has 156 valence electrons. The van der Waals surface area contributed by atoms with E-state index in [-0.39, 0.29) is 0 Å². The molecule has 30 heavy (non-hydrogen) atoms. The van der Waals surface area contributed by atoms with Crippen LogP contribution in [0.25, 0.3) is 0 Å². The normalized spacial score (nSPS) is 21.0. The van der Waals surface area contributed by atoms with E-state index in [1.807, 2.05) is 12.4 Å². The number of hydrogen-bond donors (Lipinski definition) is 2. The van der Waals surface area contributed by atoms with E-state index in [2.05, 4.69) is 57.3 Å². The van der Waals surface area contributed by atoms with Crippen molar-refractivity contribution in [3.8, 4) is 5.75 Å². The molecule has 0 spiro atoms. The summed E-state index contributed by atoms with van der Waals surface area (Å²) < 4.78 is 5.71. The third-order valence-corrected chi connectivity index (χ3v) is 6.59. The van der Waals surface area contributed by atoms with Gasteiger partial charge in [-0.15, -0.1) is 0 Å². The van der Waals surface area contributed by atoms with E-state index in [1.54, 1.807) is 0 Å². The maximum Gasteiger partial charge on any atom is 0.122 e. The van der Waals surface area contributed by atoms with E-state index in [0.717, 1.165) is 50.5 Å². The number of aryl methyl sites for hydroxylation is 1.